The van der Waals surface area contributed by atoms with Crippen molar-refractivity contribution in [3.8, 4) is 5.13 Å². The van der Waals surface area contributed by atoms with Crippen molar-refractivity contribution in [2.45, 2.75) is 38.1 Å². The predicted octanol–water partition coefficient (Wildman–Crippen LogP) is 2.54. The Morgan fingerprint density at radius 2 is 2.11 bits per heavy atom. The Kier molecular flexibility index (Phi) is 3.64. The first-order chi connectivity index (χ1) is 9.31. The molecule has 100 valence electrons. The van der Waals surface area contributed by atoms with E-state index in [1.807, 2.05) is 34.5 Å². The molecular weight excluding hydrogens is 258 g/mol. The minimum absolute atomic E-state index is 0.0938. The third-order valence-electron chi connectivity index (χ3n) is 3.43. The van der Waals surface area contributed by atoms with Crippen LogP contribution in [-0.2, 0) is 11.2 Å². The van der Waals surface area contributed by atoms with Gasteiger partial charge in [-0.05, 0) is 25.0 Å². The van der Waals surface area contributed by atoms with Gasteiger partial charge < -0.3 is 9.88 Å². The summed E-state index contributed by atoms with van der Waals surface area (Å²) in [6.07, 6.45) is 9.02. The van der Waals surface area contributed by atoms with E-state index in [2.05, 4.69) is 10.3 Å². The molecule has 4 nitrogen and oxygen atoms in total. The lowest BCUT2D eigenvalue weighted by Gasteiger charge is -2.10. The van der Waals surface area contributed by atoms with Gasteiger partial charge in [0.2, 0.25) is 5.91 Å². The van der Waals surface area contributed by atoms with Gasteiger partial charge in [0.25, 0.3) is 0 Å². The lowest BCUT2D eigenvalue weighted by Crippen LogP contribution is -2.33. The molecule has 1 aliphatic carbocycles. The molecule has 1 N–H and O–H groups in total. The van der Waals surface area contributed by atoms with Crippen LogP contribution in [0.5, 0.6) is 0 Å². The second-order valence-electron chi connectivity index (χ2n) is 4.94. The number of aromatic nitrogens is 2. The van der Waals surface area contributed by atoms with Crippen LogP contribution in [0.2, 0.25) is 0 Å². The highest BCUT2D eigenvalue weighted by Crippen LogP contribution is 2.18. The summed E-state index contributed by atoms with van der Waals surface area (Å²) in [5.74, 6) is 0.0938. The van der Waals surface area contributed by atoms with Crippen LogP contribution in [-0.4, -0.2) is 21.5 Å². The van der Waals surface area contributed by atoms with Crippen molar-refractivity contribution >= 4 is 17.2 Å². The van der Waals surface area contributed by atoms with Crippen molar-refractivity contribution in [2.75, 3.05) is 0 Å². The van der Waals surface area contributed by atoms with Crippen LogP contribution in [0.4, 0.5) is 0 Å². The first-order valence-corrected chi connectivity index (χ1v) is 7.56. The van der Waals surface area contributed by atoms with Crippen molar-refractivity contribution in [3.63, 3.8) is 0 Å². The summed E-state index contributed by atoms with van der Waals surface area (Å²) in [6.45, 7) is 0. The molecule has 1 saturated carbocycles. The molecule has 1 fully saturated rings. The maximum absolute atomic E-state index is 11.9. The summed E-state index contributed by atoms with van der Waals surface area (Å²) in [6, 6.07) is 4.32. The van der Waals surface area contributed by atoms with E-state index in [0.29, 0.717) is 12.5 Å². The van der Waals surface area contributed by atoms with Gasteiger partial charge in [-0.1, -0.05) is 12.8 Å². The molecular formula is C14H17N3OS. The summed E-state index contributed by atoms with van der Waals surface area (Å²) < 4.78 is 1.96. The predicted molar refractivity (Wildman–Crippen MR) is 75.5 cm³/mol. The average molecular weight is 275 g/mol. The second-order valence-corrected chi connectivity index (χ2v) is 5.77. The van der Waals surface area contributed by atoms with Gasteiger partial charge in [-0.3, -0.25) is 4.79 Å². The third-order valence-corrected chi connectivity index (χ3v) is 4.33. The summed E-state index contributed by atoms with van der Waals surface area (Å²) in [5.41, 5.74) is 0.851. The Labute approximate surface area is 116 Å². The Morgan fingerprint density at radius 1 is 1.37 bits per heavy atom. The van der Waals surface area contributed by atoms with Crippen molar-refractivity contribution < 1.29 is 4.79 Å². The zero-order valence-electron chi connectivity index (χ0n) is 10.7. The first kappa shape index (κ1) is 12.4. The lowest BCUT2D eigenvalue weighted by atomic mass is 10.2. The van der Waals surface area contributed by atoms with E-state index in [4.69, 9.17) is 0 Å². The number of thiazole rings is 1. The molecule has 2 aromatic rings. The van der Waals surface area contributed by atoms with Gasteiger partial charge in [-0.15, -0.1) is 11.3 Å². The highest BCUT2D eigenvalue weighted by atomic mass is 32.1. The van der Waals surface area contributed by atoms with E-state index < -0.39 is 0 Å². The number of amides is 1. The van der Waals surface area contributed by atoms with Gasteiger partial charge in [-0.2, -0.15) is 0 Å². The van der Waals surface area contributed by atoms with Gasteiger partial charge in [0.1, 0.15) is 0 Å². The van der Waals surface area contributed by atoms with Crippen LogP contribution in [0.25, 0.3) is 5.13 Å². The number of hydrogen-bond donors (Lipinski definition) is 1. The quantitative estimate of drug-likeness (QED) is 0.932. The maximum Gasteiger partial charge on any atom is 0.226 e. The van der Waals surface area contributed by atoms with Crippen LogP contribution in [0, 0.1) is 0 Å². The van der Waals surface area contributed by atoms with Crippen molar-refractivity contribution in [1.82, 2.24) is 14.9 Å². The van der Waals surface area contributed by atoms with Gasteiger partial charge in [0, 0.05) is 23.8 Å². The minimum Gasteiger partial charge on any atom is -0.353 e. The molecule has 1 amide bonds. The molecule has 1 aliphatic rings. The smallest absolute Gasteiger partial charge is 0.226 e. The van der Waals surface area contributed by atoms with E-state index in [1.54, 1.807) is 11.3 Å². The standard InChI is InChI=1S/C14H17N3OS/c18-13(15-11-5-1-2-6-11)9-12-10-19-14(16-12)17-7-3-4-8-17/h3-4,7-8,10-11H,1-2,5-6,9H2,(H,15,18). The van der Waals surface area contributed by atoms with E-state index in [9.17, 15) is 4.79 Å². The summed E-state index contributed by atoms with van der Waals surface area (Å²) in [7, 11) is 0. The fourth-order valence-corrected chi connectivity index (χ4v) is 3.26. The van der Waals surface area contributed by atoms with Gasteiger partial charge in [0.05, 0.1) is 12.1 Å². The molecule has 0 saturated heterocycles. The molecule has 2 aromatic heterocycles. The fraction of sp³-hybridized carbons (Fsp3) is 0.429. The second kappa shape index (κ2) is 5.57. The SMILES string of the molecule is O=C(Cc1csc(-n2cccc2)n1)NC1CCCC1. The van der Waals surface area contributed by atoms with Gasteiger partial charge in [0.15, 0.2) is 5.13 Å². The normalized spacial score (nSPS) is 15.8. The molecule has 3 rings (SSSR count). The van der Waals surface area contributed by atoms with Crippen LogP contribution >= 0.6 is 11.3 Å². The Morgan fingerprint density at radius 3 is 2.84 bits per heavy atom. The molecule has 0 aliphatic heterocycles. The molecule has 0 radical (unpaired) electrons. The highest BCUT2D eigenvalue weighted by molar-refractivity contribution is 7.12. The van der Waals surface area contributed by atoms with E-state index in [1.165, 1.54) is 12.8 Å². The lowest BCUT2D eigenvalue weighted by molar-refractivity contribution is -0.121. The summed E-state index contributed by atoms with van der Waals surface area (Å²) in [4.78, 5) is 16.4. The zero-order valence-corrected chi connectivity index (χ0v) is 11.5. The summed E-state index contributed by atoms with van der Waals surface area (Å²) in [5, 5.41) is 5.96. The zero-order chi connectivity index (χ0) is 13.1. The monoisotopic (exact) mass is 275 g/mol. The molecule has 0 spiro atoms. The van der Waals surface area contributed by atoms with E-state index in [0.717, 1.165) is 23.7 Å². The molecule has 0 bridgehead atoms. The van der Waals surface area contributed by atoms with Crippen molar-refractivity contribution in [1.29, 1.82) is 0 Å². The van der Waals surface area contributed by atoms with Gasteiger partial charge >= 0.3 is 0 Å². The molecule has 0 atom stereocenters. The maximum atomic E-state index is 11.9. The van der Waals surface area contributed by atoms with E-state index in [-0.39, 0.29) is 5.91 Å². The van der Waals surface area contributed by atoms with Crippen LogP contribution < -0.4 is 5.32 Å². The first-order valence-electron chi connectivity index (χ1n) is 6.68. The number of rotatable bonds is 4. The topological polar surface area (TPSA) is 46.9 Å². The summed E-state index contributed by atoms with van der Waals surface area (Å²) >= 11 is 1.56. The van der Waals surface area contributed by atoms with Crippen molar-refractivity contribution in [3.05, 3.63) is 35.6 Å². The van der Waals surface area contributed by atoms with E-state index >= 15 is 0 Å². The Bertz CT molecular complexity index is 541. The molecule has 5 heteroatoms. The van der Waals surface area contributed by atoms with Crippen molar-refractivity contribution in [2.24, 2.45) is 0 Å². The Balaban J connectivity index is 1.59. The average Bonchev–Trinajstić information content (AvgIpc) is 3.09. The largest absolute Gasteiger partial charge is 0.353 e. The number of hydrogen-bond acceptors (Lipinski definition) is 3. The molecule has 19 heavy (non-hydrogen) atoms. The molecule has 2 heterocycles. The van der Waals surface area contributed by atoms with Gasteiger partial charge in [-0.25, -0.2) is 4.98 Å². The number of nitrogens with zero attached hydrogens (tertiary/aromatic N) is 2. The number of carbonyl (C=O) groups is 1. The third kappa shape index (κ3) is 3.04. The number of nitrogens with one attached hydrogen (secondary N) is 1. The van der Waals surface area contributed by atoms with Crippen LogP contribution in [0.1, 0.15) is 31.4 Å². The highest BCUT2D eigenvalue weighted by Gasteiger charge is 2.17. The van der Waals surface area contributed by atoms with Crippen LogP contribution in [0.3, 0.4) is 0 Å². The molecule has 0 unspecified atom stereocenters. The van der Waals surface area contributed by atoms with Crippen LogP contribution in [0.15, 0.2) is 29.9 Å². The molecule has 0 aromatic carbocycles. The Hall–Kier alpha value is -1.62. The minimum atomic E-state index is 0.0938. The fourth-order valence-electron chi connectivity index (χ4n) is 2.47. The number of carbonyl (C=O) groups excluding carboxylic acids is 1.